The van der Waals surface area contributed by atoms with Crippen molar-refractivity contribution in [2.45, 2.75) is 124 Å². The molecule has 0 radical (unpaired) electrons. The Morgan fingerprint density at radius 2 is 1.00 bits per heavy atom. The maximum atomic E-state index is 13.0. The third kappa shape index (κ3) is 9.52. The summed E-state index contributed by atoms with van der Waals surface area (Å²) in [4.78, 5) is 10.6. The first-order chi connectivity index (χ1) is 21.2. The van der Waals surface area contributed by atoms with Gasteiger partial charge in [-0.15, -0.1) is 0 Å². The van der Waals surface area contributed by atoms with Gasteiger partial charge in [0.25, 0.3) is 0 Å². The van der Waals surface area contributed by atoms with Crippen LogP contribution in [0.15, 0.2) is 0 Å². The van der Waals surface area contributed by atoms with Gasteiger partial charge in [0, 0.05) is 0 Å². The van der Waals surface area contributed by atoms with Crippen LogP contribution in [0.5, 0.6) is 0 Å². The molecule has 19 nitrogen and oxygen atoms in total. The van der Waals surface area contributed by atoms with E-state index in [0.717, 1.165) is 12.8 Å². The lowest BCUT2D eigenvalue weighted by atomic mass is 9.84. The molecule has 1 saturated carbocycles. The highest BCUT2D eigenvalue weighted by Gasteiger charge is 2.58. The molecule has 45 heavy (non-hydrogen) atoms. The van der Waals surface area contributed by atoms with Gasteiger partial charge in [-0.1, -0.05) is 12.8 Å². The smallest absolute Gasteiger partial charge is 0.394 e. The van der Waals surface area contributed by atoms with E-state index in [9.17, 15) is 65.6 Å². The predicted molar refractivity (Wildman–Crippen MR) is 148 cm³/mol. The lowest BCUT2D eigenvalue weighted by Gasteiger charge is -2.49. The Bertz CT molecular complexity index is 883. The number of phosphoric acid groups is 1. The highest BCUT2D eigenvalue weighted by Crippen LogP contribution is 2.48. The second kappa shape index (κ2) is 17.5. The van der Waals surface area contributed by atoms with Crippen LogP contribution in [0.3, 0.4) is 0 Å². The van der Waals surface area contributed by atoms with Crippen molar-refractivity contribution in [1.29, 1.82) is 0 Å². The molecule has 2 aliphatic heterocycles. The highest BCUT2D eigenvalue weighted by atomic mass is 32.1. The monoisotopic (exact) mass is 700 g/mol. The van der Waals surface area contributed by atoms with Crippen LogP contribution in [-0.2, 0) is 32.6 Å². The molecule has 8 unspecified atom stereocenters. The normalized spacial score (nSPS) is 45.7. The van der Waals surface area contributed by atoms with Crippen LogP contribution >= 0.6 is 20.5 Å². The minimum atomic E-state index is -5.13. The molecular formula is C24H45O19PS. The molecule has 3 aliphatic rings. The molecule has 3 fully saturated rings. The number of unbranched alkanes of at least 4 members (excludes halogenated alkanes) is 3. The van der Waals surface area contributed by atoms with Crippen LogP contribution < -0.4 is 0 Å². The number of aliphatic hydroxyl groups excluding tert-OH is 11. The van der Waals surface area contributed by atoms with E-state index in [4.69, 9.17) is 28.0 Å². The van der Waals surface area contributed by atoms with E-state index in [1.54, 1.807) is 0 Å². The molecule has 3 rings (SSSR count). The molecule has 266 valence electrons. The molecule has 2 heterocycles. The number of thiol groups is 1. The van der Waals surface area contributed by atoms with E-state index >= 15 is 0 Å². The van der Waals surface area contributed by atoms with Gasteiger partial charge in [0.05, 0.1) is 19.8 Å². The van der Waals surface area contributed by atoms with E-state index in [-0.39, 0.29) is 6.61 Å². The van der Waals surface area contributed by atoms with Crippen molar-refractivity contribution in [1.82, 2.24) is 0 Å². The minimum Gasteiger partial charge on any atom is -0.394 e. The number of phosphoric ester groups is 1. The Labute approximate surface area is 263 Å². The fourth-order valence-electron chi connectivity index (χ4n) is 5.20. The van der Waals surface area contributed by atoms with Crippen molar-refractivity contribution in [3.05, 3.63) is 0 Å². The molecule has 0 bridgehead atoms. The molecule has 12 N–H and O–H groups in total. The SMILES string of the molecule is O=P(O)(OCCCCCCS)O[C@H]1C(O[C@H]2OC(CO)[C@@H](O)C(O)[C@H]2O)C(O)[C@H](O)[C@@H](O)C1O[C@H]1OC(CO)[C@@H](O)C(O)[C@H]1O. The van der Waals surface area contributed by atoms with Crippen molar-refractivity contribution in [2.75, 3.05) is 25.6 Å². The zero-order valence-corrected chi connectivity index (χ0v) is 25.8. The molecule has 0 aromatic rings. The van der Waals surface area contributed by atoms with Crippen molar-refractivity contribution in [2.24, 2.45) is 0 Å². The van der Waals surface area contributed by atoms with Gasteiger partial charge in [-0.25, -0.2) is 4.57 Å². The number of hydrogen-bond donors (Lipinski definition) is 13. The van der Waals surface area contributed by atoms with Gasteiger partial charge in [0.2, 0.25) is 0 Å². The topological polar surface area (TPSA) is 315 Å². The Kier molecular flexibility index (Phi) is 15.3. The van der Waals surface area contributed by atoms with Gasteiger partial charge in [-0.2, -0.15) is 12.6 Å². The van der Waals surface area contributed by atoms with Gasteiger partial charge in [0.1, 0.15) is 85.5 Å². The van der Waals surface area contributed by atoms with Crippen LogP contribution in [0.25, 0.3) is 0 Å². The summed E-state index contributed by atoms with van der Waals surface area (Å²) in [5, 5.41) is 113. The molecule has 21 heteroatoms. The third-order valence-electron chi connectivity index (χ3n) is 7.86. The summed E-state index contributed by atoms with van der Waals surface area (Å²) in [5.41, 5.74) is 0. The minimum absolute atomic E-state index is 0.280. The molecule has 2 saturated heterocycles. The average molecular weight is 701 g/mol. The summed E-state index contributed by atoms with van der Waals surface area (Å²) in [5.74, 6) is 0.645. The summed E-state index contributed by atoms with van der Waals surface area (Å²) < 4.78 is 45.1. The first kappa shape index (κ1) is 39.3. The van der Waals surface area contributed by atoms with Crippen molar-refractivity contribution in [3.63, 3.8) is 0 Å². The number of rotatable bonds is 15. The summed E-state index contributed by atoms with van der Waals surface area (Å²) in [6, 6.07) is 0. The van der Waals surface area contributed by atoms with Crippen LogP contribution in [0.2, 0.25) is 0 Å². The van der Waals surface area contributed by atoms with Crippen molar-refractivity contribution in [3.8, 4) is 0 Å². The van der Waals surface area contributed by atoms with E-state index < -0.39 is 119 Å². The van der Waals surface area contributed by atoms with Gasteiger partial charge >= 0.3 is 7.82 Å². The van der Waals surface area contributed by atoms with Crippen molar-refractivity contribution < 1.29 is 93.6 Å². The van der Waals surface area contributed by atoms with Crippen LogP contribution in [0.1, 0.15) is 25.7 Å². The maximum Gasteiger partial charge on any atom is 0.472 e. The molecule has 0 aromatic carbocycles. The fraction of sp³-hybridized carbons (Fsp3) is 1.00. The van der Waals surface area contributed by atoms with Crippen LogP contribution in [0.4, 0.5) is 0 Å². The summed E-state index contributed by atoms with van der Waals surface area (Å²) in [6.45, 7) is -2.01. The molecule has 0 spiro atoms. The third-order valence-corrected chi connectivity index (χ3v) is 9.20. The first-order valence-corrected chi connectivity index (χ1v) is 16.5. The maximum absolute atomic E-state index is 13.0. The van der Waals surface area contributed by atoms with E-state index in [1.807, 2.05) is 0 Å². The first-order valence-electron chi connectivity index (χ1n) is 14.4. The van der Waals surface area contributed by atoms with Crippen molar-refractivity contribution >= 4 is 20.5 Å². The second-order valence-corrected chi connectivity index (χ2v) is 12.9. The fourth-order valence-corrected chi connectivity index (χ4v) is 6.39. The lowest BCUT2D eigenvalue weighted by Crippen LogP contribution is -2.69. The second-order valence-electron chi connectivity index (χ2n) is 11.1. The summed E-state index contributed by atoms with van der Waals surface area (Å²) >= 11 is 4.10. The Morgan fingerprint density at radius 3 is 1.42 bits per heavy atom. The van der Waals surface area contributed by atoms with Gasteiger partial charge in [-0.05, 0) is 18.6 Å². The van der Waals surface area contributed by atoms with E-state index in [0.29, 0.717) is 18.6 Å². The molecule has 0 aromatic heterocycles. The molecular weight excluding hydrogens is 655 g/mol. The Balaban J connectivity index is 1.92. The quantitative estimate of drug-likeness (QED) is 0.0430. The number of hydrogen-bond acceptors (Lipinski definition) is 19. The van der Waals surface area contributed by atoms with Gasteiger partial charge < -0.3 is 80.0 Å². The van der Waals surface area contributed by atoms with E-state index in [2.05, 4.69) is 12.6 Å². The zero-order chi connectivity index (χ0) is 33.6. The Morgan fingerprint density at radius 1 is 0.578 bits per heavy atom. The zero-order valence-electron chi connectivity index (χ0n) is 24.0. The summed E-state index contributed by atoms with van der Waals surface area (Å²) in [6.07, 6.45) is -28.9. The lowest BCUT2D eigenvalue weighted by molar-refractivity contribution is -0.360. The largest absolute Gasteiger partial charge is 0.472 e. The van der Waals surface area contributed by atoms with Gasteiger partial charge in [-0.3, -0.25) is 9.05 Å². The van der Waals surface area contributed by atoms with E-state index in [1.165, 1.54) is 0 Å². The molecule has 17 atom stereocenters. The highest BCUT2D eigenvalue weighted by molar-refractivity contribution is 7.80. The van der Waals surface area contributed by atoms with Crippen LogP contribution in [0, 0.1) is 0 Å². The Hall–Kier alpha value is -0.140. The molecule has 1 aliphatic carbocycles. The van der Waals surface area contributed by atoms with Gasteiger partial charge in [0.15, 0.2) is 12.6 Å². The average Bonchev–Trinajstić information content (AvgIpc) is 3.01. The number of ether oxygens (including phenoxy) is 4. The summed E-state index contributed by atoms with van der Waals surface area (Å²) in [7, 11) is -5.13. The number of aliphatic hydroxyl groups is 11. The standard InChI is InChI=1S/C24H45O19PS/c25-7-9-11(27)13(29)18(34)23(39-9)41-20-16(32)15(31)17(33)21(42-24-19(35)14(30)12(28)10(8-26)40-24)22(20)43-44(36,37)38-5-3-1-2-4-6-45/h9-35,45H,1-8H2,(H,36,37)/t9?,10?,11-,12-,13?,14?,15-,16-,17?,18-,19-,20?,21?,22-,23-,24-/m1/s1. The predicted octanol–water partition coefficient (Wildman–Crippen LogP) is -5.55. The molecule has 0 amide bonds. The van der Waals surface area contributed by atoms with Crippen LogP contribution in [-0.4, -0.2) is 185 Å².